The predicted octanol–water partition coefficient (Wildman–Crippen LogP) is 0.759. The van der Waals surface area contributed by atoms with E-state index in [0.717, 1.165) is 6.07 Å². The van der Waals surface area contributed by atoms with Crippen LogP contribution in [0, 0.1) is 11.6 Å². The molecule has 0 aliphatic heterocycles. The molecule has 0 aliphatic carbocycles. The van der Waals surface area contributed by atoms with Gasteiger partial charge in [0, 0.05) is 0 Å². The van der Waals surface area contributed by atoms with Crippen molar-refractivity contribution < 1.29 is 8.78 Å². The van der Waals surface area contributed by atoms with Gasteiger partial charge in [0.2, 0.25) is 0 Å². The summed E-state index contributed by atoms with van der Waals surface area (Å²) in [5, 5.41) is 0. The summed E-state index contributed by atoms with van der Waals surface area (Å²) >= 11 is 1.52. The first-order chi connectivity index (χ1) is 4.20. The summed E-state index contributed by atoms with van der Waals surface area (Å²) in [7, 11) is 0. The SMILES string of the molecule is Fc1ccc([Te])c(F)c1. The van der Waals surface area contributed by atoms with Crippen LogP contribution in [0.4, 0.5) is 8.78 Å². The van der Waals surface area contributed by atoms with E-state index < -0.39 is 11.6 Å². The summed E-state index contributed by atoms with van der Waals surface area (Å²) in [5.41, 5.74) is 0. The van der Waals surface area contributed by atoms with Crippen LogP contribution in [0.15, 0.2) is 18.2 Å². The van der Waals surface area contributed by atoms with Gasteiger partial charge in [0.15, 0.2) is 0 Å². The van der Waals surface area contributed by atoms with Crippen molar-refractivity contribution in [3.63, 3.8) is 0 Å². The van der Waals surface area contributed by atoms with Gasteiger partial charge in [-0.05, 0) is 0 Å². The Kier molecular flexibility index (Phi) is 2.05. The van der Waals surface area contributed by atoms with Gasteiger partial charge in [-0.2, -0.15) is 0 Å². The van der Waals surface area contributed by atoms with Crippen LogP contribution in [0.2, 0.25) is 0 Å². The van der Waals surface area contributed by atoms with Crippen molar-refractivity contribution in [2.45, 2.75) is 0 Å². The van der Waals surface area contributed by atoms with Gasteiger partial charge in [0.1, 0.15) is 0 Å². The first kappa shape index (κ1) is 6.98. The van der Waals surface area contributed by atoms with Gasteiger partial charge in [-0.15, -0.1) is 0 Å². The topological polar surface area (TPSA) is 0 Å². The minimum absolute atomic E-state index is 0.479. The molecule has 0 fully saturated rings. The standard InChI is InChI=1S/C6H3F2Te/c7-4-1-2-6(9)5(8)3-4/h1-3H. The van der Waals surface area contributed by atoms with Gasteiger partial charge in [0.05, 0.1) is 0 Å². The van der Waals surface area contributed by atoms with Crippen LogP contribution in [-0.4, -0.2) is 22.3 Å². The van der Waals surface area contributed by atoms with Gasteiger partial charge < -0.3 is 0 Å². The van der Waals surface area contributed by atoms with Crippen molar-refractivity contribution in [1.29, 1.82) is 0 Å². The number of rotatable bonds is 0. The summed E-state index contributed by atoms with van der Waals surface area (Å²) in [6.07, 6.45) is 0. The molecule has 1 rings (SSSR count). The molecule has 0 aliphatic rings. The van der Waals surface area contributed by atoms with E-state index in [-0.39, 0.29) is 0 Å². The van der Waals surface area contributed by atoms with E-state index in [9.17, 15) is 8.78 Å². The fraction of sp³-hybridized carbons (Fsp3) is 0. The molecule has 0 saturated heterocycles. The van der Waals surface area contributed by atoms with Crippen molar-refractivity contribution in [3.8, 4) is 0 Å². The first-order valence-corrected chi connectivity index (χ1v) is 3.49. The third kappa shape index (κ3) is 1.64. The Balaban J connectivity index is 3.17. The van der Waals surface area contributed by atoms with Gasteiger partial charge >= 0.3 is 64.5 Å². The first-order valence-electron chi connectivity index (χ1n) is 2.32. The fourth-order valence-corrected chi connectivity index (χ4v) is 0.838. The van der Waals surface area contributed by atoms with Gasteiger partial charge in [0.25, 0.3) is 0 Å². The molecule has 0 aromatic heterocycles. The molecular weight excluding hydrogens is 238 g/mol. The van der Waals surface area contributed by atoms with Gasteiger partial charge in [-0.3, -0.25) is 0 Å². The molecule has 0 unspecified atom stereocenters. The molecule has 0 spiro atoms. The average molecular weight is 241 g/mol. The average Bonchev–Trinajstić information content (AvgIpc) is 1.80. The summed E-state index contributed by atoms with van der Waals surface area (Å²) in [4.78, 5) is 0. The maximum atomic E-state index is 12.3. The van der Waals surface area contributed by atoms with E-state index in [1.165, 1.54) is 34.4 Å². The molecule has 0 saturated carbocycles. The zero-order valence-corrected chi connectivity index (χ0v) is 6.73. The molecule has 0 atom stereocenters. The van der Waals surface area contributed by atoms with Crippen molar-refractivity contribution in [2.24, 2.45) is 0 Å². The summed E-state index contributed by atoms with van der Waals surface area (Å²) in [6.45, 7) is 0. The Morgan fingerprint density at radius 2 is 1.89 bits per heavy atom. The predicted molar refractivity (Wildman–Crippen MR) is 31.7 cm³/mol. The van der Waals surface area contributed by atoms with Crippen LogP contribution in [0.3, 0.4) is 0 Å². The van der Waals surface area contributed by atoms with E-state index in [0.29, 0.717) is 3.61 Å². The normalized spacial score (nSPS) is 9.56. The Morgan fingerprint density at radius 3 is 2.33 bits per heavy atom. The molecule has 0 amide bonds. The molecule has 0 heterocycles. The van der Waals surface area contributed by atoms with Crippen molar-refractivity contribution in [3.05, 3.63) is 29.8 Å². The number of benzene rings is 1. The Labute approximate surface area is 64.8 Å². The van der Waals surface area contributed by atoms with E-state index in [1.54, 1.807) is 0 Å². The van der Waals surface area contributed by atoms with Crippen molar-refractivity contribution in [1.82, 2.24) is 0 Å². The van der Waals surface area contributed by atoms with Crippen LogP contribution in [-0.2, 0) is 0 Å². The van der Waals surface area contributed by atoms with Crippen LogP contribution in [0.1, 0.15) is 0 Å². The zero-order chi connectivity index (χ0) is 6.85. The summed E-state index contributed by atoms with van der Waals surface area (Å²) in [6, 6.07) is 3.52. The van der Waals surface area contributed by atoms with E-state index >= 15 is 0 Å². The van der Waals surface area contributed by atoms with Crippen LogP contribution in [0.5, 0.6) is 0 Å². The molecule has 9 heavy (non-hydrogen) atoms. The molecule has 47 valence electrons. The maximum absolute atomic E-state index is 12.3. The minimum atomic E-state index is -0.528. The van der Waals surface area contributed by atoms with E-state index in [2.05, 4.69) is 0 Å². The van der Waals surface area contributed by atoms with Crippen LogP contribution in [0.25, 0.3) is 0 Å². The van der Waals surface area contributed by atoms with E-state index in [1.807, 2.05) is 0 Å². The number of halogens is 2. The Bertz CT molecular complexity index is 222. The molecule has 0 N–H and O–H groups in total. The monoisotopic (exact) mass is 243 g/mol. The van der Waals surface area contributed by atoms with Crippen molar-refractivity contribution in [2.75, 3.05) is 0 Å². The Morgan fingerprint density at radius 1 is 1.22 bits per heavy atom. The molecule has 1 radical (unpaired) electrons. The van der Waals surface area contributed by atoms with Crippen molar-refractivity contribution >= 4 is 25.9 Å². The quantitative estimate of drug-likeness (QED) is 0.588. The third-order valence-corrected chi connectivity index (χ3v) is 1.84. The zero-order valence-electron chi connectivity index (χ0n) is 4.40. The molecule has 3 heteroatoms. The summed E-state index contributed by atoms with van der Waals surface area (Å²) in [5.74, 6) is -1.01. The molecule has 1 aromatic rings. The fourth-order valence-electron chi connectivity index (χ4n) is 0.475. The second-order valence-corrected chi connectivity index (χ2v) is 2.83. The molecule has 1 aromatic carbocycles. The Hall–Kier alpha value is -0.130. The van der Waals surface area contributed by atoms with Crippen LogP contribution < -0.4 is 3.61 Å². The summed E-state index contributed by atoms with van der Waals surface area (Å²) < 4.78 is 24.9. The van der Waals surface area contributed by atoms with E-state index in [4.69, 9.17) is 0 Å². The number of hydrogen-bond donors (Lipinski definition) is 0. The van der Waals surface area contributed by atoms with Gasteiger partial charge in [-0.1, -0.05) is 0 Å². The van der Waals surface area contributed by atoms with Crippen LogP contribution >= 0.6 is 0 Å². The molecule has 0 nitrogen and oxygen atoms in total. The third-order valence-electron chi connectivity index (χ3n) is 0.894. The van der Waals surface area contributed by atoms with Gasteiger partial charge in [-0.25, -0.2) is 0 Å². The molecular formula is C6H3F2Te. The second-order valence-electron chi connectivity index (χ2n) is 1.57. The number of hydrogen-bond acceptors (Lipinski definition) is 0. The molecule has 0 bridgehead atoms. The second kappa shape index (κ2) is 2.64.